The first-order valence-corrected chi connectivity index (χ1v) is 8.53. The van der Waals surface area contributed by atoms with Crippen molar-refractivity contribution in [3.05, 3.63) is 52.3 Å². The zero-order valence-electron chi connectivity index (χ0n) is 11.0. The molecule has 126 valence electrons. The van der Waals surface area contributed by atoms with Crippen molar-refractivity contribution in [1.82, 2.24) is 0 Å². The number of hydrogen-bond acceptors (Lipinski definition) is 2. The molecular formula is C13H6Cl8O2. The summed E-state index contributed by atoms with van der Waals surface area (Å²) in [5.41, 5.74) is 0. The zero-order chi connectivity index (χ0) is 17.9. The summed E-state index contributed by atoms with van der Waals surface area (Å²) in [6, 6.07) is 3.30. The maximum atomic E-state index is 9.20. The fraction of sp³-hybridized carbons (Fsp3) is 0.0769. The monoisotopic (exact) mass is 474 g/mol. The van der Waals surface area contributed by atoms with E-state index in [1.54, 1.807) is 12.1 Å². The number of halogens is 8. The van der Waals surface area contributed by atoms with Crippen molar-refractivity contribution < 1.29 is 9.84 Å². The Labute approximate surface area is 172 Å². The fourth-order valence-corrected chi connectivity index (χ4v) is 2.99. The third kappa shape index (κ3) is 4.93. The number of aromatic hydroxyl groups is 1. The fourth-order valence-electron chi connectivity index (χ4n) is 1.26. The molecule has 0 aliphatic rings. The second-order valence-electron chi connectivity index (χ2n) is 3.80. The van der Waals surface area contributed by atoms with Gasteiger partial charge in [-0.1, -0.05) is 92.8 Å². The summed E-state index contributed by atoms with van der Waals surface area (Å²) in [5.74, 6) is 0.166. The smallest absolute Gasteiger partial charge is 0.155 e. The van der Waals surface area contributed by atoms with Gasteiger partial charge in [-0.05, 0) is 12.1 Å². The third-order valence-corrected chi connectivity index (χ3v) is 5.94. The summed E-state index contributed by atoms with van der Waals surface area (Å²) in [6.07, 6.45) is 0. The lowest BCUT2D eigenvalue weighted by atomic mass is 10.3. The van der Waals surface area contributed by atoms with Crippen LogP contribution in [-0.4, -0.2) is 12.2 Å². The SMILES string of the molecule is COc1ccc(Cl)c(Cl)c1Cl.Oc1c(Cl)c(Cl)c(Cl)c(Cl)c1Cl. The summed E-state index contributed by atoms with van der Waals surface area (Å²) >= 11 is 45.1. The van der Waals surface area contributed by atoms with Crippen LogP contribution in [0.15, 0.2) is 12.1 Å². The van der Waals surface area contributed by atoms with Gasteiger partial charge in [-0.25, -0.2) is 0 Å². The Balaban J connectivity index is 0.000000231. The highest BCUT2D eigenvalue weighted by Crippen LogP contribution is 2.47. The van der Waals surface area contributed by atoms with Gasteiger partial charge >= 0.3 is 0 Å². The summed E-state index contributed by atoms with van der Waals surface area (Å²) < 4.78 is 4.91. The Morgan fingerprint density at radius 2 is 1.09 bits per heavy atom. The van der Waals surface area contributed by atoms with Crippen molar-refractivity contribution in [1.29, 1.82) is 0 Å². The van der Waals surface area contributed by atoms with Crippen molar-refractivity contribution >= 4 is 92.8 Å². The number of methoxy groups -OCH3 is 1. The van der Waals surface area contributed by atoms with Gasteiger partial charge < -0.3 is 9.84 Å². The third-order valence-electron chi connectivity index (χ3n) is 2.41. The molecule has 0 fully saturated rings. The number of phenols is 1. The predicted octanol–water partition coefficient (Wildman–Crippen LogP) is 8.31. The molecule has 2 aromatic carbocycles. The van der Waals surface area contributed by atoms with E-state index in [0.717, 1.165) is 0 Å². The highest BCUT2D eigenvalue weighted by molar-refractivity contribution is 6.55. The molecule has 2 aromatic rings. The molecule has 2 nitrogen and oxygen atoms in total. The Morgan fingerprint density at radius 3 is 1.52 bits per heavy atom. The molecule has 0 bridgehead atoms. The van der Waals surface area contributed by atoms with Crippen molar-refractivity contribution in [3.63, 3.8) is 0 Å². The summed E-state index contributed by atoms with van der Waals surface area (Å²) in [5, 5.41) is 10.1. The molecule has 0 saturated carbocycles. The molecular weight excluding hydrogens is 472 g/mol. The molecule has 0 atom stereocenters. The van der Waals surface area contributed by atoms with Crippen LogP contribution in [-0.2, 0) is 0 Å². The number of hydrogen-bond donors (Lipinski definition) is 1. The van der Waals surface area contributed by atoms with Gasteiger partial charge in [0.2, 0.25) is 0 Å². The molecule has 0 radical (unpaired) electrons. The molecule has 23 heavy (non-hydrogen) atoms. The van der Waals surface area contributed by atoms with E-state index in [1.807, 2.05) is 0 Å². The molecule has 0 saturated heterocycles. The minimum absolute atomic E-state index is 0.00904. The van der Waals surface area contributed by atoms with Crippen molar-refractivity contribution in [2.45, 2.75) is 0 Å². The molecule has 0 aromatic heterocycles. The Morgan fingerprint density at radius 1 is 0.652 bits per heavy atom. The van der Waals surface area contributed by atoms with E-state index in [9.17, 15) is 5.11 Å². The Bertz CT molecular complexity index is 628. The van der Waals surface area contributed by atoms with Crippen molar-refractivity contribution in [3.8, 4) is 11.5 Å². The Hall–Kier alpha value is 0.360. The topological polar surface area (TPSA) is 29.5 Å². The standard InChI is InChI=1S/C7H5Cl3O.C6HCl5O/c1-11-5-3-2-4(8)6(9)7(5)10;7-1-2(8)4(10)6(12)5(11)3(1)9/h2-3H,1H3;12H. The van der Waals surface area contributed by atoms with Gasteiger partial charge in [0.05, 0.1) is 32.2 Å². The van der Waals surface area contributed by atoms with Crippen LogP contribution in [0.2, 0.25) is 40.2 Å². The van der Waals surface area contributed by atoms with Gasteiger partial charge in [0, 0.05) is 0 Å². The lowest BCUT2D eigenvalue weighted by molar-refractivity contribution is 0.415. The number of rotatable bonds is 1. The van der Waals surface area contributed by atoms with Crippen LogP contribution >= 0.6 is 92.8 Å². The second kappa shape index (κ2) is 9.17. The van der Waals surface area contributed by atoms with Gasteiger partial charge in [-0.3, -0.25) is 0 Å². The quantitative estimate of drug-likeness (QED) is 0.330. The molecule has 0 aliphatic carbocycles. The van der Waals surface area contributed by atoms with Gasteiger partial charge in [0.15, 0.2) is 5.75 Å². The van der Waals surface area contributed by atoms with Crippen LogP contribution in [0.25, 0.3) is 0 Å². The number of ether oxygens (including phenoxy) is 1. The molecule has 0 amide bonds. The normalized spacial score (nSPS) is 10.1. The van der Waals surface area contributed by atoms with Crippen molar-refractivity contribution in [2.75, 3.05) is 7.11 Å². The average Bonchev–Trinajstić information content (AvgIpc) is 2.55. The first-order valence-electron chi connectivity index (χ1n) is 5.51. The summed E-state index contributed by atoms with van der Waals surface area (Å²) in [4.78, 5) is 0. The van der Waals surface area contributed by atoms with E-state index < -0.39 is 0 Å². The van der Waals surface area contributed by atoms with Crippen LogP contribution in [0.4, 0.5) is 0 Å². The van der Waals surface area contributed by atoms with E-state index >= 15 is 0 Å². The Kier molecular flexibility index (Phi) is 8.53. The zero-order valence-corrected chi connectivity index (χ0v) is 17.1. The van der Waals surface area contributed by atoms with E-state index in [4.69, 9.17) is 97.5 Å². The maximum Gasteiger partial charge on any atom is 0.155 e. The van der Waals surface area contributed by atoms with Gasteiger partial charge in [0.1, 0.15) is 20.8 Å². The lowest BCUT2D eigenvalue weighted by Crippen LogP contribution is -1.84. The van der Waals surface area contributed by atoms with Crippen LogP contribution in [0.5, 0.6) is 11.5 Å². The van der Waals surface area contributed by atoms with Crippen LogP contribution in [0.1, 0.15) is 0 Å². The van der Waals surface area contributed by atoms with E-state index in [2.05, 4.69) is 0 Å². The van der Waals surface area contributed by atoms with E-state index in [-0.39, 0.29) is 30.9 Å². The molecule has 0 aliphatic heterocycles. The average molecular weight is 478 g/mol. The highest BCUT2D eigenvalue weighted by atomic mass is 35.5. The minimum Gasteiger partial charge on any atom is -0.505 e. The molecule has 2 rings (SSSR count). The number of benzene rings is 2. The summed E-state index contributed by atoms with van der Waals surface area (Å²) in [6.45, 7) is 0. The van der Waals surface area contributed by atoms with Gasteiger partial charge in [-0.2, -0.15) is 0 Å². The highest BCUT2D eigenvalue weighted by Gasteiger charge is 2.18. The van der Waals surface area contributed by atoms with E-state index in [1.165, 1.54) is 7.11 Å². The molecule has 10 heteroatoms. The van der Waals surface area contributed by atoms with Crippen LogP contribution < -0.4 is 4.74 Å². The molecule has 0 heterocycles. The summed E-state index contributed by atoms with van der Waals surface area (Å²) in [7, 11) is 1.52. The predicted molar refractivity (Wildman–Crippen MR) is 101 cm³/mol. The first-order chi connectivity index (χ1) is 10.6. The molecule has 0 unspecified atom stereocenters. The molecule has 0 spiro atoms. The van der Waals surface area contributed by atoms with Gasteiger partial charge in [-0.15, -0.1) is 0 Å². The molecule has 1 N–H and O–H groups in total. The van der Waals surface area contributed by atoms with Crippen LogP contribution in [0.3, 0.4) is 0 Å². The number of phenolic OH excluding ortho intramolecular Hbond substituents is 1. The van der Waals surface area contributed by atoms with Gasteiger partial charge in [0.25, 0.3) is 0 Å². The van der Waals surface area contributed by atoms with E-state index in [0.29, 0.717) is 20.8 Å². The second-order valence-corrected chi connectivity index (χ2v) is 6.85. The largest absolute Gasteiger partial charge is 0.505 e. The van der Waals surface area contributed by atoms with Crippen molar-refractivity contribution in [2.24, 2.45) is 0 Å². The first kappa shape index (κ1) is 21.4. The lowest BCUT2D eigenvalue weighted by Gasteiger charge is -2.06. The minimum atomic E-state index is -0.363. The maximum absolute atomic E-state index is 9.20. The van der Waals surface area contributed by atoms with Crippen LogP contribution in [0, 0.1) is 0 Å².